The summed E-state index contributed by atoms with van der Waals surface area (Å²) in [5.41, 5.74) is 0.832. The van der Waals surface area contributed by atoms with Gasteiger partial charge in [-0.05, 0) is 35.9 Å². The van der Waals surface area contributed by atoms with Crippen molar-refractivity contribution in [3.05, 3.63) is 69.2 Å². The molecular weight excluding hydrogens is 311 g/mol. The van der Waals surface area contributed by atoms with E-state index < -0.39 is 11.6 Å². The highest BCUT2D eigenvalue weighted by Crippen LogP contribution is 2.34. The van der Waals surface area contributed by atoms with Gasteiger partial charge in [0.2, 0.25) is 11.6 Å². The number of carbonyl (C=O) groups is 2. The number of ketones is 2. The monoisotopic (exact) mass is 318 g/mol. The lowest BCUT2D eigenvalue weighted by Crippen LogP contribution is -2.23. The zero-order valence-electron chi connectivity index (χ0n) is 10.6. The Kier molecular flexibility index (Phi) is 3.32. The Morgan fingerprint density at radius 2 is 1.38 bits per heavy atom. The van der Waals surface area contributed by atoms with E-state index in [9.17, 15) is 14.7 Å². The van der Waals surface area contributed by atoms with Gasteiger partial charge < -0.3 is 5.11 Å². The molecule has 3 nitrogen and oxygen atoms in total. The molecule has 2 aromatic rings. The smallest absolute Gasteiger partial charge is 0.237 e. The number of aliphatic hydroxyl groups is 1. The average Bonchev–Trinajstić information content (AvgIpc) is 2.47. The van der Waals surface area contributed by atoms with Gasteiger partial charge in [-0.25, -0.2) is 0 Å². The molecule has 0 spiro atoms. The first-order valence-electron chi connectivity index (χ1n) is 6.07. The van der Waals surface area contributed by atoms with E-state index in [0.29, 0.717) is 21.2 Å². The first-order chi connectivity index (χ1) is 9.99. The Morgan fingerprint density at radius 3 is 2.05 bits per heavy atom. The van der Waals surface area contributed by atoms with Gasteiger partial charge in [0, 0.05) is 21.2 Å². The quantitative estimate of drug-likeness (QED) is 0.802. The van der Waals surface area contributed by atoms with E-state index >= 15 is 0 Å². The van der Waals surface area contributed by atoms with Crippen LogP contribution in [-0.4, -0.2) is 16.7 Å². The van der Waals surface area contributed by atoms with Crippen LogP contribution >= 0.6 is 23.2 Å². The number of hydrogen-bond donors (Lipinski definition) is 1. The lowest BCUT2D eigenvalue weighted by Gasteiger charge is -2.18. The van der Waals surface area contributed by atoms with Crippen molar-refractivity contribution in [3.63, 3.8) is 0 Å². The second kappa shape index (κ2) is 5.02. The van der Waals surface area contributed by atoms with Gasteiger partial charge in [-0.2, -0.15) is 0 Å². The summed E-state index contributed by atoms with van der Waals surface area (Å²) in [6, 6.07) is 10.8. The molecule has 0 atom stereocenters. The number of allylic oxidation sites excluding steroid dienone is 1. The highest BCUT2D eigenvalue weighted by Gasteiger charge is 2.33. The number of aliphatic hydroxyl groups excluding tert-OH is 1. The fourth-order valence-corrected chi connectivity index (χ4v) is 2.57. The summed E-state index contributed by atoms with van der Waals surface area (Å²) in [6.45, 7) is 0. The molecular formula is C16H8Cl2O3. The van der Waals surface area contributed by atoms with Crippen LogP contribution in [0.1, 0.15) is 21.5 Å². The number of rotatable bonds is 1. The normalized spacial score (nSPS) is 14.4. The minimum atomic E-state index is -0.760. The molecule has 1 aliphatic rings. The van der Waals surface area contributed by atoms with Crippen molar-refractivity contribution in [2.75, 3.05) is 0 Å². The van der Waals surface area contributed by atoms with Crippen molar-refractivity contribution < 1.29 is 14.7 Å². The molecule has 5 heteroatoms. The van der Waals surface area contributed by atoms with Crippen molar-refractivity contribution in [2.45, 2.75) is 0 Å². The second-order valence-corrected chi connectivity index (χ2v) is 5.45. The summed E-state index contributed by atoms with van der Waals surface area (Å²) in [5.74, 6) is -1.67. The zero-order valence-corrected chi connectivity index (χ0v) is 12.1. The molecule has 0 fully saturated rings. The van der Waals surface area contributed by atoms with Crippen molar-refractivity contribution in [1.29, 1.82) is 0 Å². The van der Waals surface area contributed by atoms with Gasteiger partial charge in [-0.1, -0.05) is 35.3 Å². The minimum absolute atomic E-state index is 0.0218. The summed E-state index contributed by atoms with van der Waals surface area (Å²) in [5, 5.41) is 11.2. The molecule has 1 aliphatic carbocycles. The third kappa shape index (κ3) is 2.24. The van der Waals surface area contributed by atoms with E-state index in [-0.39, 0.29) is 16.9 Å². The summed E-state index contributed by atoms with van der Waals surface area (Å²) < 4.78 is 0. The number of carbonyl (C=O) groups excluding carboxylic acids is 2. The van der Waals surface area contributed by atoms with E-state index in [0.717, 1.165) is 0 Å². The number of halogens is 2. The molecule has 0 aromatic heterocycles. The van der Waals surface area contributed by atoms with E-state index in [1.807, 2.05) is 0 Å². The molecule has 0 unspecified atom stereocenters. The van der Waals surface area contributed by atoms with E-state index in [1.54, 1.807) is 30.3 Å². The average molecular weight is 319 g/mol. The molecule has 0 amide bonds. The van der Waals surface area contributed by atoms with Crippen LogP contribution < -0.4 is 0 Å². The molecule has 3 rings (SSSR count). The Balaban J connectivity index is 2.26. The van der Waals surface area contributed by atoms with Crippen LogP contribution in [-0.2, 0) is 4.79 Å². The molecule has 0 bridgehead atoms. The Labute approximate surface area is 130 Å². The Bertz CT molecular complexity index is 805. The minimum Gasteiger partial charge on any atom is -0.506 e. The summed E-state index contributed by atoms with van der Waals surface area (Å²) in [7, 11) is 0. The zero-order chi connectivity index (χ0) is 15.1. The molecule has 21 heavy (non-hydrogen) atoms. The van der Waals surface area contributed by atoms with Gasteiger partial charge in [0.25, 0.3) is 0 Å². The van der Waals surface area contributed by atoms with E-state index in [4.69, 9.17) is 23.2 Å². The van der Waals surface area contributed by atoms with E-state index in [1.165, 1.54) is 12.1 Å². The Morgan fingerprint density at radius 1 is 0.762 bits per heavy atom. The molecule has 2 aromatic carbocycles. The highest BCUT2D eigenvalue weighted by molar-refractivity contribution is 6.62. The molecule has 1 N–H and O–H groups in total. The van der Waals surface area contributed by atoms with Gasteiger partial charge >= 0.3 is 0 Å². The first kappa shape index (κ1) is 13.9. The van der Waals surface area contributed by atoms with Crippen LogP contribution in [0.5, 0.6) is 0 Å². The maximum atomic E-state index is 12.3. The van der Waals surface area contributed by atoms with Crippen LogP contribution in [0.15, 0.2) is 42.5 Å². The van der Waals surface area contributed by atoms with Gasteiger partial charge in [-0.3, -0.25) is 9.59 Å². The third-order valence-electron chi connectivity index (χ3n) is 3.28. The summed E-state index contributed by atoms with van der Waals surface area (Å²) >= 11 is 11.6. The van der Waals surface area contributed by atoms with Crippen LogP contribution in [0.2, 0.25) is 10.0 Å². The molecule has 0 heterocycles. The third-order valence-corrected chi connectivity index (χ3v) is 3.77. The predicted octanol–water partition coefficient (Wildman–Crippen LogP) is 4.19. The van der Waals surface area contributed by atoms with Crippen molar-refractivity contribution in [2.24, 2.45) is 0 Å². The van der Waals surface area contributed by atoms with Gasteiger partial charge in [0.05, 0.1) is 5.57 Å². The lowest BCUT2D eigenvalue weighted by molar-refractivity contribution is -0.110. The van der Waals surface area contributed by atoms with E-state index in [2.05, 4.69) is 0 Å². The maximum absolute atomic E-state index is 12.3. The van der Waals surface area contributed by atoms with Gasteiger partial charge in [0.1, 0.15) is 5.76 Å². The number of Topliss-reactive ketones (excluding diaryl/α,β-unsaturated/α-hetero) is 2. The highest BCUT2D eigenvalue weighted by atomic mass is 35.5. The summed E-state index contributed by atoms with van der Waals surface area (Å²) in [6.07, 6.45) is 0. The van der Waals surface area contributed by atoms with Crippen molar-refractivity contribution in [3.8, 4) is 0 Å². The first-order valence-corrected chi connectivity index (χ1v) is 6.83. The lowest BCUT2D eigenvalue weighted by atomic mass is 9.85. The number of hydrogen-bond acceptors (Lipinski definition) is 3. The fourth-order valence-electron chi connectivity index (χ4n) is 2.27. The topological polar surface area (TPSA) is 54.4 Å². The molecule has 0 saturated heterocycles. The van der Waals surface area contributed by atoms with Crippen LogP contribution in [0.4, 0.5) is 0 Å². The van der Waals surface area contributed by atoms with Crippen LogP contribution in [0, 0.1) is 0 Å². The SMILES string of the molecule is O=C1C(=O)c2cc(Cl)ccc2C(O)=C1c1ccc(Cl)cc1. The fraction of sp³-hybridized carbons (Fsp3) is 0. The standard InChI is InChI=1S/C16H8Cl2O3/c17-9-3-1-8(2-4-9)13-14(19)11-6-5-10(18)7-12(11)15(20)16(13)21/h1-7,19H. The predicted molar refractivity (Wildman–Crippen MR) is 81.7 cm³/mol. The number of fused-ring (bicyclic) bond motifs is 1. The van der Waals surface area contributed by atoms with Crippen molar-refractivity contribution >= 4 is 46.1 Å². The largest absolute Gasteiger partial charge is 0.506 e. The molecule has 0 aliphatic heterocycles. The van der Waals surface area contributed by atoms with Gasteiger partial charge in [-0.15, -0.1) is 0 Å². The summed E-state index contributed by atoms with van der Waals surface area (Å²) in [4.78, 5) is 24.4. The molecule has 0 saturated carbocycles. The number of benzene rings is 2. The molecule has 104 valence electrons. The van der Waals surface area contributed by atoms with Gasteiger partial charge in [0.15, 0.2) is 0 Å². The van der Waals surface area contributed by atoms with Crippen LogP contribution in [0.3, 0.4) is 0 Å². The van der Waals surface area contributed by atoms with Crippen LogP contribution in [0.25, 0.3) is 11.3 Å². The van der Waals surface area contributed by atoms with Crippen molar-refractivity contribution in [1.82, 2.24) is 0 Å². The second-order valence-electron chi connectivity index (χ2n) is 4.58. The maximum Gasteiger partial charge on any atom is 0.237 e. The Hall–Kier alpha value is -2.10. The molecule has 0 radical (unpaired) electrons.